The molecule has 1 aromatic heterocycles. The van der Waals surface area contributed by atoms with E-state index in [2.05, 4.69) is 4.72 Å². The van der Waals surface area contributed by atoms with Crippen LogP contribution in [-0.4, -0.2) is 62.3 Å². The van der Waals surface area contributed by atoms with E-state index in [0.29, 0.717) is 31.8 Å². The summed E-state index contributed by atoms with van der Waals surface area (Å²) in [6.07, 6.45) is 3.06. The molecule has 3 heterocycles. The molecule has 0 aliphatic carbocycles. The van der Waals surface area contributed by atoms with Gasteiger partial charge in [0.05, 0.1) is 24.8 Å². The van der Waals surface area contributed by atoms with Gasteiger partial charge in [0.15, 0.2) is 0 Å². The Morgan fingerprint density at radius 1 is 1.41 bits per heavy atom. The molecule has 150 valence electrons. The lowest BCUT2D eigenvalue weighted by Gasteiger charge is -2.40. The molecule has 1 amide bonds. The van der Waals surface area contributed by atoms with Crippen molar-refractivity contribution in [2.45, 2.75) is 38.3 Å². The van der Waals surface area contributed by atoms with Crippen molar-refractivity contribution in [1.82, 2.24) is 13.9 Å². The number of likely N-dealkylation sites (N-methyl/N-ethyl adjacent to an activating group) is 1. The molecule has 1 aromatic rings. The molecule has 0 saturated carbocycles. The smallest absolute Gasteiger partial charge is 0.310 e. The summed E-state index contributed by atoms with van der Waals surface area (Å²) in [5, 5.41) is 0. The monoisotopic (exact) mass is 399 g/mol. The van der Waals surface area contributed by atoms with Gasteiger partial charge in [-0.3, -0.25) is 9.59 Å². The van der Waals surface area contributed by atoms with E-state index < -0.39 is 22.3 Å². The second-order valence-corrected chi connectivity index (χ2v) is 8.60. The number of carbonyl (C=O) groups excluding carboxylic acids is 2. The maximum atomic E-state index is 13.1. The van der Waals surface area contributed by atoms with Gasteiger partial charge in [-0.15, -0.1) is 0 Å². The highest BCUT2D eigenvalue weighted by molar-refractivity contribution is 7.87. The molecule has 3 rings (SSSR count). The van der Waals surface area contributed by atoms with Gasteiger partial charge in [-0.1, -0.05) is 0 Å². The Morgan fingerprint density at radius 3 is 2.85 bits per heavy atom. The highest BCUT2D eigenvalue weighted by atomic mass is 32.2. The van der Waals surface area contributed by atoms with E-state index in [4.69, 9.17) is 9.15 Å². The van der Waals surface area contributed by atoms with Crippen molar-refractivity contribution < 1.29 is 27.2 Å². The molecule has 27 heavy (non-hydrogen) atoms. The van der Waals surface area contributed by atoms with E-state index in [-0.39, 0.29) is 30.8 Å². The minimum atomic E-state index is -3.82. The van der Waals surface area contributed by atoms with E-state index in [9.17, 15) is 18.0 Å². The molecule has 0 unspecified atom stereocenters. The molecule has 10 heteroatoms. The molecular formula is C17H25N3O6S. The lowest BCUT2D eigenvalue weighted by atomic mass is 9.96. The summed E-state index contributed by atoms with van der Waals surface area (Å²) in [5.74, 6) is -0.512. The van der Waals surface area contributed by atoms with Gasteiger partial charge in [0.25, 0.3) is 10.2 Å². The van der Waals surface area contributed by atoms with E-state index in [1.165, 1.54) is 13.3 Å². The fourth-order valence-corrected chi connectivity index (χ4v) is 4.86. The summed E-state index contributed by atoms with van der Waals surface area (Å²) in [4.78, 5) is 26.7. The summed E-state index contributed by atoms with van der Waals surface area (Å²) in [5.41, 5.74) is 0. The molecule has 2 aliphatic rings. The standard InChI is InChI=1S/C17H25N3O6S/c1-3-25-17(22)12-6-4-8-20(11-12)16(21)14-10-13(15-7-5-9-26-15)18-27(23,24)19(14)2/h5,7,9,12-14,18H,3-4,6,8,10-11H2,1-2H3/t12-,13-,14+/m0/s1. The zero-order valence-electron chi connectivity index (χ0n) is 15.5. The molecule has 9 nitrogen and oxygen atoms in total. The first kappa shape index (κ1) is 19.8. The van der Waals surface area contributed by atoms with Gasteiger partial charge in [-0.25, -0.2) is 0 Å². The fraction of sp³-hybridized carbons (Fsp3) is 0.647. The third-order valence-corrected chi connectivity index (χ3v) is 6.69. The number of carbonyl (C=O) groups is 2. The van der Waals surface area contributed by atoms with Crippen LogP contribution in [0.3, 0.4) is 0 Å². The highest BCUT2D eigenvalue weighted by Crippen LogP contribution is 2.30. The second-order valence-electron chi connectivity index (χ2n) is 6.83. The van der Waals surface area contributed by atoms with Crippen LogP contribution in [0.5, 0.6) is 0 Å². The molecule has 2 fully saturated rings. The number of likely N-dealkylation sites (tertiary alicyclic amines) is 1. The maximum Gasteiger partial charge on any atom is 0.310 e. The Kier molecular flexibility index (Phi) is 5.87. The van der Waals surface area contributed by atoms with Gasteiger partial charge >= 0.3 is 5.97 Å². The zero-order chi connectivity index (χ0) is 19.6. The SMILES string of the molecule is CCOC(=O)[C@H]1CCCN(C(=O)[C@H]2C[C@@H](c3ccco3)NS(=O)(=O)N2C)C1. The van der Waals surface area contributed by atoms with Crippen LogP contribution >= 0.6 is 0 Å². The predicted octanol–water partition coefficient (Wildman–Crippen LogP) is 0.661. The van der Waals surface area contributed by atoms with Crippen molar-refractivity contribution >= 4 is 22.1 Å². The highest BCUT2D eigenvalue weighted by Gasteiger charge is 2.44. The Morgan fingerprint density at radius 2 is 2.19 bits per heavy atom. The summed E-state index contributed by atoms with van der Waals surface area (Å²) in [7, 11) is -2.44. The number of ether oxygens (including phenoxy) is 1. The minimum Gasteiger partial charge on any atom is -0.468 e. The minimum absolute atomic E-state index is 0.251. The van der Waals surface area contributed by atoms with Gasteiger partial charge < -0.3 is 14.1 Å². The molecular weight excluding hydrogens is 374 g/mol. The molecule has 3 atom stereocenters. The van der Waals surface area contributed by atoms with Crippen LogP contribution in [0, 0.1) is 5.92 Å². The third kappa shape index (κ3) is 4.17. The van der Waals surface area contributed by atoms with E-state index in [1.807, 2.05) is 0 Å². The largest absolute Gasteiger partial charge is 0.468 e. The van der Waals surface area contributed by atoms with E-state index in [0.717, 1.165) is 4.31 Å². The van der Waals surface area contributed by atoms with Crippen LogP contribution in [0.25, 0.3) is 0 Å². The normalized spacial score (nSPS) is 28.7. The third-order valence-electron chi connectivity index (χ3n) is 5.09. The maximum absolute atomic E-state index is 13.1. The zero-order valence-corrected chi connectivity index (χ0v) is 16.3. The van der Waals surface area contributed by atoms with Gasteiger partial charge in [0.2, 0.25) is 5.91 Å². The van der Waals surface area contributed by atoms with Crippen molar-refractivity contribution in [3.63, 3.8) is 0 Å². The van der Waals surface area contributed by atoms with Crippen LogP contribution in [0.15, 0.2) is 22.8 Å². The number of rotatable bonds is 4. The molecule has 0 bridgehead atoms. The molecule has 0 aromatic carbocycles. The molecule has 0 spiro atoms. The van der Waals surface area contributed by atoms with Gasteiger partial charge in [-0.05, 0) is 38.3 Å². The molecule has 2 saturated heterocycles. The topological polar surface area (TPSA) is 109 Å². The fourth-order valence-electron chi connectivity index (χ4n) is 3.61. The lowest BCUT2D eigenvalue weighted by Crippen LogP contribution is -2.59. The second kappa shape index (κ2) is 7.99. The average Bonchev–Trinajstić information content (AvgIpc) is 3.18. The Labute approximate surface area is 158 Å². The van der Waals surface area contributed by atoms with Crippen molar-refractivity contribution in [2.24, 2.45) is 5.92 Å². The molecule has 1 N–H and O–H groups in total. The van der Waals surface area contributed by atoms with Crippen molar-refractivity contribution in [1.29, 1.82) is 0 Å². The number of hydrogen-bond donors (Lipinski definition) is 1. The Bertz CT molecular complexity index is 779. The summed E-state index contributed by atoms with van der Waals surface area (Å²) < 4.78 is 38.9. The number of esters is 1. The van der Waals surface area contributed by atoms with Crippen LogP contribution in [0.2, 0.25) is 0 Å². The van der Waals surface area contributed by atoms with Gasteiger partial charge in [0, 0.05) is 20.1 Å². The lowest BCUT2D eigenvalue weighted by molar-refractivity contribution is -0.152. The van der Waals surface area contributed by atoms with E-state index in [1.54, 1.807) is 24.0 Å². The summed E-state index contributed by atoms with van der Waals surface area (Å²) in [6, 6.07) is 1.89. The van der Waals surface area contributed by atoms with Crippen LogP contribution in [0.1, 0.15) is 38.0 Å². The van der Waals surface area contributed by atoms with Crippen LogP contribution in [0.4, 0.5) is 0 Å². The quantitative estimate of drug-likeness (QED) is 0.745. The number of nitrogens with one attached hydrogen (secondary N) is 1. The van der Waals surface area contributed by atoms with Crippen LogP contribution in [-0.2, 0) is 24.5 Å². The van der Waals surface area contributed by atoms with Gasteiger partial charge in [-0.2, -0.15) is 17.4 Å². The first-order valence-corrected chi connectivity index (χ1v) is 10.5. The van der Waals surface area contributed by atoms with Crippen molar-refractivity contribution in [3.8, 4) is 0 Å². The molecule has 0 radical (unpaired) electrons. The number of piperidine rings is 1. The Balaban J connectivity index is 1.76. The van der Waals surface area contributed by atoms with Crippen molar-refractivity contribution in [3.05, 3.63) is 24.2 Å². The number of furan rings is 1. The molecule has 2 aliphatic heterocycles. The summed E-state index contributed by atoms with van der Waals surface area (Å²) >= 11 is 0. The number of amides is 1. The van der Waals surface area contributed by atoms with Gasteiger partial charge in [0.1, 0.15) is 11.8 Å². The predicted molar refractivity (Wildman–Crippen MR) is 95.6 cm³/mol. The average molecular weight is 399 g/mol. The number of hydrogen-bond acceptors (Lipinski definition) is 6. The Hall–Kier alpha value is -1.91. The first-order chi connectivity index (χ1) is 12.8. The van der Waals surface area contributed by atoms with Crippen LogP contribution < -0.4 is 4.72 Å². The van der Waals surface area contributed by atoms with Crippen molar-refractivity contribution in [2.75, 3.05) is 26.7 Å². The summed E-state index contributed by atoms with van der Waals surface area (Å²) in [6.45, 7) is 2.79. The van der Waals surface area contributed by atoms with E-state index >= 15 is 0 Å². The first-order valence-electron chi connectivity index (χ1n) is 9.07. The number of nitrogens with zero attached hydrogens (tertiary/aromatic N) is 2.